The Hall–Kier alpha value is -2.44. The Balaban J connectivity index is 2.88. The van der Waals surface area contributed by atoms with Crippen LogP contribution < -0.4 is 15.2 Å². The predicted molar refractivity (Wildman–Crippen MR) is 66.5 cm³/mol. The van der Waals surface area contributed by atoms with Crippen LogP contribution in [0.1, 0.15) is 16.8 Å². The molecule has 104 valence electrons. The largest absolute Gasteiger partial charge is 0.493 e. The quantitative estimate of drug-likeness (QED) is 0.583. The number of benzene rings is 1. The highest BCUT2D eigenvalue weighted by Gasteiger charge is 2.15. The lowest BCUT2D eigenvalue weighted by molar-refractivity contribution is -0.141. The van der Waals surface area contributed by atoms with E-state index in [1.54, 1.807) is 0 Å². The summed E-state index contributed by atoms with van der Waals surface area (Å²) in [6, 6.07) is 2.62. The number of hydrogen-bond acceptors (Lipinski definition) is 6. The first-order chi connectivity index (χ1) is 8.99. The van der Waals surface area contributed by atoms with Crippen LogP contribution in [-0.4, -0.2) is 37.9 Å². The maximum absolute atomic E-state index is 11.0. The highest BCUT2D eigenvalue weighted by Crippen LogP contribution is 2.32. The van der Waals surface area contributed by atoms with E-state index in [9.17, 15) is 9.59 Å². The fourth-order valence-corrected chi connectivity index (χ4v) is 1.38. The van der Waals surface area contributed by atoms with E-state index in [1.165, 1.54) is 26.4 Å². The van der Waals surface area contributed by atoms with Crippen LogP contribution in [-0.2, 0) is 9.53 Å². The molecule has 7 heteroatoms. The smallest absolute Gasteiger partial charge is 0.337 e. The molecule has 0 bridgehead atoms. The molecule has 0 aromatic heterocycles. The van der Waals surface area contributed by atoms with Gasteiger partial charge in [-0.2, -0.15) is 0 Å². The number of esters is 1. The van der Waals surface area contributed by atoms with Crippen molar-refractivity contribution in [3.05, 3.63) is 17.7 Å². The maximum atomic E-state index is 11.0. The molecular formula is C12H15NO6. The molecule has 0 spiro atoms. The van der Waals surface area contributed by atoms with E-state index < -0.39 is 11.9 Å². The molecule has 1 rings (SSSR count). The lowest BCUT2D eigenvalue weighted by atomic mass is 10.1. The Morgan fingerprint density at radius 1 is 1.26 bits per heavy atom. The molecule has 0 aliphatic heterocycles. The van der Waals surface area contributed by atoms with Gasteiger partial charge in [-0.3, -0.25) is 4.79 Å². The number of nitrogens with two attached hydrogens (primary N) is 1. The number of carbonyl (C=O) groups excluding carboxylic acids is 1. The van der Waals surface area contributed by atoms with Gasteiger partial charge in [0.25, 0.3) is 0 Å². The van der Waals surface area contributed by atoms with Gasteiger partial charge in [0.1, 0.15) is 0 Å². The Morgan fingerprint density at radius 2 is 1.95 bits per heavy atom. The molecule has 0 saturated heterocycles. The van der Waals surface area contributed by atoms with Crippen molar-refractivity contribution in [2.75, 3.05) is 26.6 Å². The van der Waals surface area contributed by atoms with E-state index in [-0.39, 0.29) is 30.0 Å². The normalized spacial score (nSPS) is 9.79. The van der Waals surface area contributed by atoms with Gasteiger partial charge >= 0.3 is 11.9 Å². The average Bonchev–Trinajstić information content (AvgIpc) is 2.39. The maximum Gasteiger partial charge on any atom is 0.337 e. The Bertz CT molecular complexity index is 485. The third-order valence-corrected chi connectivity index (χ3v) is 2.36. The summed E-state index contributed by atoms with van der Waals surface area (Å²) in [7, 11) is 2.68. The molecule has 1 aromatic carbocycles. The van der Waals surface area contributed by atoms with E-state index in [1.807, 2.05) is 0 Å². The Kier molecular flexibility index (Phi) is 4.99. The summed E-state index contributed by atoms with van der Waals surface area (Å²) in [5.74, 6) is -1.09. The first-order valence-electron chi connectivity index (χ1n) is 5.40. The number of carboxylic acids is 1. The summed E-state index contributed by atoms with van der Waals surface area (Å²) >= 11 is 0. The zero-order chi connectivity index (χ0) is 14.4. The van der Waals surface area contributed by atoms with Crippen molar-refractivity contribution in [3.63, 3.8) is 0 Å². The van der Waals surface area contributed by atoms with Gasteiger partial charge < -0.3 is 25.1 Å². The lowest BCUT2D eigenvalue weighted by Gasteiger charge is -2.12. The van der Waals surface area contributed by atoms with Gasteiger partial charge in [-0.1, -0.05) is 0 Å². The highest BCUT2D eigenvalue weighted by molar-refractivity contribution is 5.94. The summed E-state index contributed by atoms with van der Waals surface area (Å²) in [6.45, 7) is 0.0476. The minimum absolute atomic E-state index is 0.0476. The summed E-state index contributed by atoms with van der Waals surface area (Å²) in [5, 5.41) is 8.95. The van der Waals surface area contributed by atoms with Crippen molar-refractivity contribution < 1.29 is 28.9 Å². The van der Waals surface area contributed by atoms with E-state index >= 15 is 0 Å². The Morgan fingerprint density at radius 3 is 2.47 bits per heavy atom. The van der Waals surface area contributed by atoms with E-state index in [4.69, 9.17) is 20.3 Å². The fraction of sp³-hybridized carbons (Fsp3) is 0.333. The minimum atomic E-state index is -1.17. The van der Waals surface area contributed by atoms with Crippen molar-refractivity contribution in [1.82, 2.24) is 0 Å². The van der Waals surface area contributed by atoms with Gasteiger partial charge in [-0.05, 0) is 0 Å². The average molecular weight is 269 g/mol. The molecule has 3 N–H and O–H groups in total. The fourth-order valence-electron chi connectivity index (χ4n) is 1.38. The van der Waals surface area contributed by atoms with Gasteiger partial charge in [0.15, 0.2) is 11.5 Å². The van der Waals surface area contributed by atoms with Crippen LogP contribution in [0.2, 0.25) is 0 Å². The zero-order valence-electron chi connectivity index (χ0n) is 10.6. The number of carbonyl (C=O) groups is 2. The monoisotopic (exact) mass is 269 g/mol. The minimum Gasteiger partial charge on any atom is -0.493 e. The number of anilines is 1. The van der Waals surface area contributed by atoms with Gasteiger partial charge in [0, 0.05) is 12.1 Å². The molecule has 19 heavy (non-hydrogen) atoms. The molecule has 0 saturated carbocycles. The van der Waals surface area contributed by atoms with E-state index in [2.05, 4.69) is 4.74 Å². The molecule has 0 unspecified atom stereocenters. The van der Waals surface area contributed by atoms with Crippen molar-refractivity contribution in [2.24, 2.45) is 0 Å². The first kappa shape index (κ1) is 14.6. The molecular weight excluding hydrogens is 254 g/mol. The second kappa shape index (κ2) is 6.48. The standard InChI is InChI=1S/C12H15NO6/c1-17-9-6-8(13)7(12(15)16)5-10(9)19-4-3-11(14)18-2/h5-6H,3-4,13H2,1-2H3,(H,15,16). The van der Waals surface area contributed by atoms with Crippen LogP contribution in [0.3, 0.4) is 0 Å². The van der Waals surface area contributed by atoms with Gasteiger partial charge in [0.05, 0.1) is 38.5 Å². The molecule has 1 aromatic rings. The number of rotatable bonds is 6. The van der Waals surface area contributed by atoms with Gasteiger partial charge in [-0.25, -0.2) is 4.79 Å². The SMILES string of the molecule is COC(=O)CCOc1cc(C(=O)O)c(N)cc1OC. The number of carboxylic acid groups (broad SMARTS) is 1. The van der Waals surface area contributed by atoms with Gasteiger partial charge in [0.2, 0.25) is 0 Å². The highest BCUT2D eigenvalue weighted by atomic mass is 16.5. The molecule has 0 atom stereocenters. The van der Waals surface area contributed by atoms with E-state index in [0.29, 0.717) is 5.75 Å². The van der Waals surface area contributed by atoms with Gasteiger partial charge in [-0.15, -0.1) is 0 Å². The molecule has 7 nitrogen and oxygen atoms in total. The van der Waals surface area contributed by atoms with Crippen molar-refractivity contribution >= 4 is 17.6 Å². The van der Waals surface area contributed by atoms with Crippen molar-refractivity contribution in [2.45, 2.75) is 6.42 Å². The van der Waals surface area contributed by atoms with Crippen LogP contribution in [0, 0.1) is 0 Å². The van der Waals surface area contributed by atoms with Crippen molar-refractivity contribution in [3.8, 4) is 11.5 Å². The second-order valence-corrected chi connectivity index (χ2v) is 3.57. The molecule has 0 amide bonds. The summed E-state index contributed by atoms with van der Waals surface area (Å²) in [5.41, 5.74) is 5.56. The van der Waals surface area contributed by atoms with Crippen LogP contribution in [0.25, 0.3) is 0 Å². The van der Waals surface area contributed by atoms with Crippen LogP contribution in [0.5, 0.6) is 11.5 Å². The lowest BCUT2D eigenvalue weighted by Crippen LogP contribution is -2.09. The van der Waals surface area contributed by atoms with Crippen LogP contribution in [0.15, 0.2) is 12.1 Å². The Labute approximate surface area is 109 Å². The number of hydrogen-bond donors (Lipinski definition) is 2. The molecule has 0 aliphatic rings. The van der Waals surface area contributed by atoms with Crippen LogP contribution >= 0.6 is 0 Å². The van der Waals surface area contributed by atoms with E-state index in [0.717, 1.165) is 0 Å². The predicted octanol–water partition coefficient (Wildman–Crippen LogP) is 0.917. The summed E-state index contributed by atoms with van der Waals surface area (Å²) < 4.78 is 14.8. The molecule has 0 aliphatic carbocycles. The molecule has 0 heterocycles. The topological polar surface area (TPSA) is 108 Å². The molecule has 0 fully saturated rings. The molecule has 0 radical (unpaired) electrons. The van der Waals surface area contributed by atoms with Crippen LogP contribution in [0.4, 0.5) is 5.69 Å². The van der Waals surface area contributed by atoms with Crippen molar-refractivity contribution in [1.29, 1.82) is 0 Å². The third kappa shape index (κ3) is 3.77. The number of ether oxygens (including phenoxy) is 3. The third-order valence-electron chi connectivity index (χ3n) is 2.36. The first-order valence-corrected chi connectivity index (χ1v) is 5.40. The number of methoxy groups -OCH3 is 2. The number of aromatic carboxylic acids is 1. The summed E-state index contributed by atoms with van der Waals surface area (Å²) in [6.07, 6.45) is 0.0481. The number of nitrogen functional groups attached to an aromatic ring is 1. The zero-order valence-corrected chi connectivity index (χ0v) is 10.6. The second-order valence-electron chi connectivity index (χ2n) is 3.57. The summed E-state index contributed by atoms with van der Waals surface area (Å²) in [4.78, 5) is 21.9.